The lowest BCUT2D eigenvalue weighted by Gasteiger charge is -2.32. The van der Waals surface area contributed by atoms with Crippen LogP contribution >= 0.6 is 0 Å². The first kappa shape index (κ1) is 19.5. The zero-order valence-corrected chi connectivity index (χ0v) is 17.8. The minimum Gasteiger partial charge on any atom is -0.336 e. The van der Waals surface area contributed by atoms with Gasteiger partial charge in [-0.1, -0.05) is 42.0 Å². The van der Waals surface area contributed by atoms with Crippen molar-refractivity contribution >= 4 is 11.6 Å². The Balaban J connectivity index is 1.42. The maximum Gasteiger partial charge on any atom is 0.253 e. The first-order chi connectivity index (χ1) is 15.1. The van der Waals surface area contributed by atoms with Crippen molar-refractivity contribution in [1.29, 1.82) is 0 Å². The number of imidazole rings is 1. The second kappa shape index (κ2) is 7.96. The van der Waals surface area contributed by atoms with Crippen LogP contribution in [0.15, 0.2) is 67.1 Å². The van der Waals surface area contributed by atoms with Gasteiger partial charge in [0.15, 0.2) is 5.65 Å². The molecule has 156 valence electrons. The molecule has 5 rings (SSSR count). The minimum atomic E-state index is 0.0966. The number of hydrogen-bond acceptors (Lipinski definition) is 4. The van der Waals surface area contributed by atoms with Crippen molar-refractivity contribution in [1.82, 2.24) is 24.2 Å². The quantitative estimate of drug-likeness (QED) is 0.515. The average Bonchev–Trinajstić information content (AvgIpc) is 3.23. The average molecular weight is 412 g/mol. The predicted octanol–water partition coefficient (Wildman–Crippen LogP) is 3.76. The first-order valence-corrected chi connectivity index (χ1v) is 10.6. The molecule has 1 aliphatic rings. The highest BCUT2D eigenvalue weighted by Gasteiger charge is 2.20. The molecule has 2 aromatic carbocycles. The smallest absolute Gasteiger partial charge is 0.253 e. The summed E-state index contributed by atoms with van der Waals surface area (Å²) in [6.45, 7) is 5.47. The van der Waals surface area contributed by atoms with Gasteiger partial charge in [-0.3, -0.25) is 14.2 Å². The van der Waals surface area contributed by atoms with E-state index in [-0.39, 0.29) is 5.91 Å². The molecule has 0 radical (unpaired) electrons. The molecular formula is C25H25N5O. The van der Waals surface area contributed by atoms with Gasteiger partial charge in [-0.25, -0.2) is 4.98 Å². The number of carbonyl (C=O) groups is 1. The molecule has 0 bridgehead atoms. The van der Waals surface area contributed by atoms with Crippen LogP contribution in [-0.4, -0.2) is 63.3 Å². The molecule has 4 aromatic rings. The van der Waals surface area contributed by atoms with Crippen molar-refractivity contribution in [3.05, 3.63) is 78.2 Å². The van der Waals surface area contributed by atoms with Gasteiger partial charge in [0.25, 0.3) is 5.91 Å². The predicted molar refractivity (Wildman–Crippen MR) is 122 cm³/mol. The number of hydrogen-bond donors (Lipinski definition) is 0. The first-order valence-electron chi connectivity index (χ1n) is 10.6. The Kier molecular flexibility index (Phi) is 5.00. The van der Waals surface area contributed by atoms with Gasteiger partial charge in [-0.2, -0.15) is 0 Å². The van der Waals surface area contributed by atoms with Crippen LogP contribution in [0.25, 0.3) is 28.2 Å². The van der Waals surface area contributed by atoms with Crippen LogP contribution in [0.3, 0.4) is 0 Å². The van der Waals surface area contributed by atoms with Crippen molar-refractivity contribution in [2.45, 2.75) is 6.92 Å². The Hall–Kier alpha value is -3.51. The van der Waals surface area contributed by atoms with Gasteiger partial charge in [0, 0.05) is 49.1 Å². The molecule has 0 unspecified atom stereocenters. The fraction of sp³-hybridized carbons (Fsp3) is 0.240. The largest absolute Gasteiger partial charge is 0.336 e. The Labute approximate surface area is 181 Å². The van der Waals surface area contributed by atoms with Crippen LogP contribution in [0.5, 0.6) is 0 Å². The lowest BCUT2D eigenvalue weighted by Crippen LogP contribution is -2.47. The number of nitrogens with zero attached hydrogens (tertiary/aromatic N) is 5. The van der Waals surface area contributed by atoms with E-state index in [4.69, 9.17) is 0 Å². The van der Waals surface area contributed by atoms with Crippen LogP contribution in [0.4, 0.5) is 0 Å². The number of aromatic nitrogens is 3. The number of aryl methyl sites for hydroxylation is 1. The fourth-order valence-corrected chi connectivity index (χ4v) is 3.95. The summed E-state index contributed by atoms with van der Waals surface area (Å²) < 4.78 is 2.07. The molecule has 6 nitrogen and oxygen atoms in total. The molecule has 0 N–H and O–H groups in total. The third kappa shape index (κ3) is 3.82. The van der Waals surface area contributed by atoms with E-state index in [1.807, 2.05) is 41.6 Å². The standard InChI is InChI=1S/C25H25N5O/c1-18-3-5-20(6-4-18)23-15-27-24-16-26-22(17-30(23)24)19-7-9-21(10-8-19)25(31)29-13-11-28(2)12-14-29/h3-10,15-17H,11-14H2,1-2H3. The number of piperazine rings is 1. The summed E-state index contributed by atoms with van der Waals surface area (Å²) in [7, 11) is 2.09. The molecule has 6 heteroatoms. The lowest BCUT2D eigenvalue weighted by atomic mass is 10.1. The van der Waals surface area contributed by atoms with Crippen molar-refractivity contribution in [3.8, 4) is 22.5 Å². The molecule has 0 spiro atoms. The normalized spacial score (nSPS) is 14.8. The number of carbonyl (C=O) groups excluding carboxylic acids is 1. The maximum atomic E-state index is 12.8. The molecule has 1 saturated heterocycles. The molecule has 3 heterocycles. The Morgan fingerprint density at radius 2 is 1.52 bits per heavy atom. The van der Waals surface area contributed by atoms with E-state index in [0.717, 1.165) is 59.9 Å². The third-order valence-electron chi connectivity index (χ3n) is 5.96. The van der Waals surface area contributed by atoms with Crippen molar-refractivity contribution in [2.75, 3.05) is 33.2 Å². The van der Waals surface area contributed by atoms with Crippen LogP contribution in [-0.2, 0) is 0 Å². The summed E-state index contributed by atoms with van der Waals surface area (Å²) >= 11 is 0. The van der Waals surface area contributed by atoms with E-state index in [0.29, 0.717) is 0 Å². The van der Waals surface area contributed by atoms with Gasteiger partial charge in [0.2, 0.25) is 0 Å². The zero-order chi connectivity index (χ0) is 21.4. The third-order valence-corrected chi connectivity index (χ3v) is 5.96. The lowest BCUT2D eigenvalue weighted by molar-refractivity contribution is 0.0664. The number of benzene rings is 2. The van der Waals surface area contributed by atoms with Crippen molar-refractivity contribution in [3.63, 3.8) is 0 Å². The van der Waals surface area contributed by atoms with Gasteiger partial charge in [0.05, 0.1) is 23.8 Å². The number of likely N-dealkylation sites (N-methyl/N-ethyl adjacent to an activating group) is 1. The molecule has 0 aliphatic carbocycles. The van der Waals surface area contributed by atoms with E-state index in [2.05, 4.69) is 57.5 Å². The monoisotopic (exact) mass is 411 g/mol. The van der Waals surface area contributed by atoms with Gasteiger partial charge < -0.3 is 9.80 Å². The highest BCUT2D eigenvalue weighted by atomic mass is 16.2. The van der Waals surface area contributed by atoms with Gasteiger partial charge in [0.1, 0.15) is 0 Å². The van der Waals surface area contributed by atoms with Gasteiger partial charge >= 0.3 is 0 Å². The van der Waals surface area contributed by atoms with Crippen LogP contribution in [0.2, 0.25) is 0 Å². The highest BCUT2D eigenvalue weighted by molar-refractivity contribution is 5.94. The van der Waals surface area contributed by atoms with E-state index < -0.39 is 0 Å². The summed E-state index contributed by atoms with van der Waals surface area (Å²) in [5.41, 5.74) is 6.71. The number of fused-ring (bicyclic) bond motifs is 1. The van der Waals surface area contributed by atoms with Crippen molar-refractivity contribution in [2.24, 2.45) is 0 Å². The molecular weight excluding hydrogens is 386 g/mol. The Bertz CT molecular complexity index is 1220. The molecule has 0 atom stereocenters. The summed E-state index contributed by atoms with van der Waals surface area (Å²) in [5.74, 6) is 0.0966. The van der Waals surface area contributed by atoms with Gasteiger partial charge in [-0.05, 0) is 26.1 Å². The molecule has 2 aromatic heterocycles. The Morgan fingerprint density at radius 1 is 0.839 bits per heavy atom. The van der Waals surface area contributed by atoms with Crippen LogP contribution in [0.1, 0.15) is 15.9 Å². The molecule has 1 fully saturated rings. The van der Waals surface area contributed by atoms with Crippen LogP contribution in [0, 0.1) is 6.92 Å². The van der Waals surface area contributed by atoms with E-state index in [9.17, 15) is 4.79 Å². The second-order valence-corrected chi connectivity index (χ2v) is 8.18. The highest BCUT2D eigenvalue weighted by Crippen LogP contribution is 2.24. The number of rotatable bonds is 3. The second-order valence-electron chi connectivity index (χ2n) is 8.18. The van der Waals surface area contributed by atoms with Gasteiger partial charge in [-0.15, -0.1) is 0 Å². The topological polar surface area (TPSA) is 53.7 Å². The maximum absolute atomic E-state index is 12.8. The van der Waals surface area contributed by atoms with E-state index in [1.165, 1.54) is 5.56 Å². The zero-order valence-electron chi connectivity index (χ0n) is 17.8. The molecule has 1 aliphatic heterocycles. The summed E-state index contributed by atoms with van der Waals surface area (Å²) in [6.07, 6.45) is 5.68. The minimum absolute atomic E-state index is 0.0966. The summed E-state index contributed by atoms with van der Waals surface area (Å²) in [4.78, 5) is 26.1. The SMILES string of the molecule is Cc1ccc(-c2cnc3cnc(-c4ccc(C(=O)N5CCN(C)CC5)cc4)cn23)cc1. The molecule has 1 amide bonds. The van der Waals surface area contributed by atoms with Crippen molar-refractivity contribution < 1.29 is 4.79 Å². The molecule has 31 heavy (non-hydrogen) atoms. The fourth-order valence-electron chi connectivity index (χ4n) is 3.95. The van der Waals surface area contributed by atoms with E-state index >= 15 is 0 Å². The summed E-state index contributed by atoms with van der Waals surface area (Å²) in [5, 5.41) is 0. The van der Waals surface area contributed by atoms with E-state index in [1.54, 1.807) is 6.20 Å². The van der Waals surface area contributed by atoms with Crippen LogP contribution < -0.4 is 0 Å². The number of amides is 1. The Morgan fingerprint density at radius 3 is 2.23 bits per heavy atom. The molecule has 0 saturated carbocycles. The summed E-state index contributed by atoms with van der Waals surface area (Å²) in [6, 6.07) is 16.2.